The molecule has 0 aliphatic rings. The predicted octanol–water partition coefficient (Wildman–Crippen LogP) is 0.228. The van der Waals surface area contributed by atoms with Gasteiger partial charge in [0.2, 0.25) is 11.9 Å². The largest absolute Gasteiger partial charge is 0.356 e. The highest BCUT2D eigenvalue weighted by atomic mass is 19.1. The molecule has 1 aromatic heterocycles. The standard InChI is InChI=1S/C10H17FN6O/c1-3-4-13-9(18)6(2)15-8-7(11)5-14-10(16-8)17-12/h5-6H,3-4,12H2,1-2H3,(H,13,18)(H2,14,15,16,17). The van der Waals surface area contributed by atoms with Crippen molar-refractivity contribution in [1.82, 2.24) is 15.3 Å². The summed E-state index contributed by atoms with van der Waals surface area (Å²) in [5.74, 6) is 4.24. The van der Waals surface area contributed by atoms with E-state index in [-0.39, 0.29) is 17.7 Å². The zero-order chi connectivity index (χ0) is 13.5. The van der Waals surface area contributed by atoms with Gasteiger partial charge in [-0.25, -0.2) is 15.2 Å². The molecule has 0 fully saturated rings. The Labute approximate surface area is 104 Å². The predicted molar refractivity (Wildman–Crippen MR) is 66.2 cm³/mol. The number of carbonyl (C=O) groups is 1. The SMILES string of the molecule is CCCNC(=O)C(C)Nc1nc(NN)ncc1F. The van der Waals surface area contributed by atoms with Crippen LogP contribution in [-0.2, 0) is 4.79 Å². The number of anilines is 2. The number of halogens is 1. The summed E-state index contributed by atoms with van der Waals surface area (Å²) in [7, 11) is 0. The van der Waals surface area contributed by atoms with Crippen molar-refractivity contribution in [1.29, 1.82) is 0 Å². The molecule has 1 rings (SSSR count). The lowest BCUT2D eigenvalue weighted by Gasteiger charge is -2.15. The summed E-state index contributed by atoms with van der Waals surface area (Å²) in [6.45, 7) is 4.14. The Morgan fingerprint density at radius 3 is 2.94 bits per heavy atom. The summed E-state index contributed by atoms with van der Waals surface area (Å²) in [6, 6.07) is -0.605. The van der Waals surface area contributed by atoms with Crippen molar-refractivity contribution in [2.45, 2.75) is 26.3 Å². The van der Waals surface area contributed by atoms with E-state index in [4.69, 9.17) is 5.84 Å². The topological polar surface area (TPSA) is 105 Å². The van der Waals surface area contributed by atoms with Crippen molar-refractivity contribution < 1.29 is 9.18 Å². The fraction of sp³-hybridized carbons (Fsp3) is 0.500. The first-order valence-corrected chi connectivity index (χ1v) is 5.61. The van der Waals surface area contributed by atoms with Crippen LogP contribution in [0, 0.1) is 5.82 Å². The highest BCUT2D eigenvalue weighted by Crippen LogP contribution is 2.12. The number of nitrogen functional groups attached to an aromatic ring is 1. The lowest BCUT2D eigenvalue weighted by molar-refractivity contribution is -0.121. The first-order valence-electron chi connectivity index (χ1n) is 5.61. The molecule has 1 heterocycles. The van der Waals surface area contributed by atoms with Crippen molar-refractivity contribution in [3.8, 4) is 0 Å². The average molecular weight is 256 g/mol. The third-order valence-electron chi connectivity index (χ3n) is 2.17. The van der Waals surface area contributed by atoms with Crippen LogP contribution in [0.15, 0.2) is 6.20 Å². The van der Waals surface area contributed by atoms with Gasteiger partial charge in [-0.15, -0.1) is 0 Å². The van der Waals surface area contributed by atoms with Crippen molar-refractivity contribution in [3.63, 3.8) is 0 Å². The molecule has 0 aliphatic carbocycles. The summed E-state index contributed by atoms with van der Waals surface area (Å²) in [5.41, 5.74) is 2.20. The van der Waals surface area contributed by atoms with Crippen molar-refractivity contribution in [3.05, 3.63) is 12.0 Å². The molecule has 18 heavy (non-hydrogen) atoms. The van der Waals surface area contributed by atoms with E-state index < -0.39 is 11.9 Å². The summed E-state index contributed by atoms with van der Waals surface area (Å²) in [4.78, 5) is 19.0. The molecule has 7 nitrogen and oxygen atoms in total. The van der Waals surface area contributed by atoms with E-state index in [1.807, 2.05) is 6.92 Å². The number of rotatable bonds is 6. The fourth-order valence-corrected chi connectivity index (χ4v) is 1.21. The molecule has 1 aromatic rings. The van der Waals surface area contributed by atoms with Gasteiger partial charge >= 0.3 is 0 Å². The van der Waals surface area contributed by atoms with Gasteiger partial charge in [0.15, 0.2) is 11.6 Å². The lowest BCUT2D eigenvalue weighted by Crippen LogP contribution is -2.38. The molecule has 1 amide bonds. The Morgan fingerprint density at radius 1 is 1.61 bits per heavy atom. The molecular weight excluding hydrogens is 239 g/mol. The van der Waals surface area contributed by atoms with Crippen LogP contribution in [0.25, 0.3) is 0 Å². The quantitative estimate of drug-likeness (QED) is 0.429. The van der Waals surface area contributed by atoms with Crippen LogP contribution >= 0.6 is 0 Å². The normalized spacial score (nSPS) is 11.8. The van der Waals surface area contributed by atoms with E-state index in [0.29, 0.717) is 6.54 Å². The minimum atomic E-state index is -0.649. The monoisotopic (exact) mass is 256 g/mol. The molecule has 8 heteroatoms. The number of carbonyl (C=O) groups excluding carboxylic acids is 1. The van der Waals surface area contributed by atoms with Crippen LogP contribution in [-0.4, -0.2) is 28.5 Å². The maximum atomic E-state index is 13.4. The summed E-state index contributed by atoms with van der Waals surface area (Å²) < 4.78 is 13.4. The summed E-state index contributed by atoms with van der Waals surface area (Å²) >= 11 is 0. The maximum absolute atomic E-state index is 13.4. The second kappa shape index (κ2) is 6.70. The number of hydrogen-bond acceptors (Lipinski definition) is 6. The van der Waals surface area contributed by atoms with Gasteiger partial charge in [-0.1, -0.05) is 6.92 Å². The van der Waals surface area contributed by atoms with Gasteiger partial charge in [0, 0.05) is 6.54 Å². The third-order valence-corrected chi connectivity index (χ3v) is 2.17. The molecule has 1 atom stereocenters. The van der Waals surface area contributed by atoms with Gasteiger partial charge in [0.1, 0.15) is 6.04 Å². The Morgan fingerprint density at radius 2 is 2.33 bits per heavy atom. The van der Waals surface area contributed by atoms with Crippen LogP contribution in [0.3, 0.4) is 0 Å². The van der Waals surface area contributed by atoms with Gasteiger partial charge in [-0.05, 0) is 13.3 Å². The molecule has 0 saturated carbocycles. The third kappa shape index (κ3) is 3.81. The molecule has 0 saturated heterocycles. The number of hydrazine groups is 1. The Kier molecular flexibility index (Phi) is 5.25. The minimum absolute atomic E-state index is 0.0695. The van der Waals surface area contributed by atoms with Crippen LogP contribution < -0.4 is 21.9 Å². The smallest absolute Gasteiger partial charge is 0.242 e. The first kappa shape index (κ1) is 14.1. The van der Waals surface area contributed by atoms with Crippen LogP contribution in [0.5, 0.6) is 0 Å². The lowest BCUT2D eigenvalue weighted by atomic mass is 10.3. The number of nitrogens with zero attached hydrogens (tertiary/aromatic N) is 2. The molecule has 0 bridgehead atoms. The molecule has 0 radical (unpaired) electrons. The van der Waals surface area contributed by atoms with Crippen molar-refractivity contribution >= 4 is 17.7 Å². The van der Waals surface area contributed by atoms with E-state index in [1.165, 1.54) is 0 Å². The molecule has 0 spiro atoms. The van der Waals surface area contributed by atoms with E-state index in [1.54, 1.807) is 6.92 Å². The van der Waals surface area contributed by atoms with E-state index in [2.05, 4.69) is 26.0 Å². The number of aromatic nitrogens is 2. The number of nitrogens with two attached hydrogens (primary N) is 1. The number of hydrogen-bond donors (Lipinski definition) is 4. The highest BCUT2D eigenvalue weighted by molar-refractivity contribution is 5.83. The van der Waals surface area contributed by atoms with E-state index in [0.717, 1.165) is 12.6 Å². The van der Waals surface area contributed by atoms with Gasteiger partial charge in [-0.2, -0.15) is 4.98 Å². The first-order chi connectivity index (χ1) is 8.58. The molecule has 0 aromatic carbocycles. The van der Waals surface area contributed by atoms with E-state index in [9.17, 15) is 9.18 Å². The Hall–Kier alpha value is -1.96. The summed E-state index contributed by atoms with van der Waals surface area (Å²) in [5, 5.41) is 5.35. The molecule has 5 N–H and O–H groups in total. The average Bonchev–Trinajstić information content (AvgIpc) is 2.38. The van der Waals surface area contributed by atoms with Gasteiger partial charge < -0.3 is 10.6 Å². The minimum Gasteiger partial charge on any atom is -0.356 e. The fourth-order valence-electron chi connectivity index (χ4n) is 1.21. The Balaban J connectivity index is 2.68. The maximum Gasteiger partial charge on any atom is 0.242 e. The second-order valence-corrected chi connectivity index (χ2v) is 3.69. The van der Waals surface area contributed by atoms with Crippen molar-refractivity contribution in [2.24, 2.45) is 5.84 Å². The van der Waals surface area contributed by atoms with Crippen LogP contribution in [0.2, 0.25) is 0 Å². The van der Waals surface area contributed by atoms with Crippen molar-refractivity contribution in [2.75, 3.05) is 17.3 Å². The van der Waals surface area contributed by atoms with E-state index >= 15 is 0 Å². The van der Waals surface area contributed by atoms with Crippen LogP contribution in [0.4, 0.5) is 16.2 Å². The molecule has 100 valence electrons. The number of nitrogens with one attached hydrogen (secondary N) is 3. The number of amides is 1. The molecule has 1 unspecified atom stereocenters. The van der Waals surface area contributed by atoms with Crippen LogP contribution in [0.1, 0.15) is 20.3 Å². The molecular formula is C10H17FN6O. The van der Waals surface area contributed by atoms with Gasteiger partial charge in [0.25, 0.3) is 0 Å². The zero-order valence-electron chi connectivity index (χ0n) is 10.3. The Bertz CT molecular complexity index is 413. The van der Waals surface area contributed by atoms with Gasteiger partial charge in [0.05, 0.1) is 6.20 Å². The molecule has 0 aliphatic heterocycles. The highest BCUT2D eigenvalue weighted by Gasteiger charge is 2.15. The second-order valence-electron chi connectivity index (χ2n) is 3.69. The zero-order valence-corrected chi connectivity index (χ0v) is 10.3. The summed E-state index contributed by atoms with van der Waals surface area (Å²) in [6.07, 6.45) is 1.81. The van der Waals surface area contributed by atoms with Gasteiger partial charge in [-0.3, -0.25) is 10.2 Å².